The van der Waals surface area contributed by atoms with Crippen LogP contribution in [0.3, 0.4) is 0 Å². The molecule has 2 rings (SSSR count). The van der Waals surface area contributed by atoms with Crippen LogP contribution in [0.2, 0.25) is 5.02 Å². The number of amides is 2. The Balaban J connectivity index is 1.90. The zero-order valence-electron chi connectivity index (χ0n) is 9.53. The quantitative estimate of drug-likeness (QED) is 0.850. The number of halogens is 1. The summed E-state index contributed by atoms with van der Waals surface area (Å²) in [6.07, 6.45) is 1.79. The Morgan fingerprint density at radius 3 is 2.59 bits per heavy atom. The molecule has 0 saturated carbocycles. The van der Waals surface area contributed by atoms with E-state index in [9.17, 15) is 4.79 Å². The lowest BCUT2D eigenvalue weighted by Crippen LogP contribution is -2.44. The summed E-state index contributed by atoms with van der Waals surface area (Å²) in [5.74, 6) is 0. The number of hydrogen-bond acceptors (Lipinski definition) is 2. The van der Waals surface area contributed by atoms with E-state index in [2.05, 4.69) is 5.32 Å². The van der Waals surface area contributed by atoms with Gasteiger partial charge < -0.3 is 16.0 Å². The second-order valence-electron chi connectivity index (χ2n) is 4.22. The van der Waals surface area contributed by atoms with Crippen LogP contribution in [0, 0.1) is 0 Å². The van der Waals surface area contributed by atoms with Crippen molar-refractivity contribution in [2.24, 2.45) is 5.73 Å². The molecule has 0 spiro atoms. The van der Waals surface area contributed by atoms with Gasteiger partial charge in [0.05, 0.1) is 10.7 Å². The van der Waals surface area contributed by atoms with E-state index in [4.69, 9.17) is 17.3 Å². The fourth-order valence-electron chi connectivity index (χ4n) is 2.04. The number of anilines is 1. The molecule has 0 unspecified atom stereocenters. The average Bonchev–Trinajstić information content (AvgIpc) is 2.33. The minimum atomic E-state index is -0.332. The van der Waals surface area contributed by atoms with Gasteiger partial charge in [-0.15, -0.1) is 0 Å². The molecule has 3 N–H and O–H groups in total. The third kappa shape index (κ3) is 3.03. The van der Waals surface area contributed by atoms with Gasteiger partial charge in [0.2, 0.25) is 0 Å². The molecule has 0 atom stereocenters. The van der Waals surface area contributed by atoms with E-state index < -0.39 is 0 Å². The average molecular weight is 254 g/mol. The van der Waals surface area contributed by atoms with Crippen LogP contribution in [0.15, 0.2) is 24.3 Å². The number of carbonyl (C=O) groups is 1. The Labute approximate surface area is 106 Å². The monoisotopic (exact) mass is 253 g/mol. The molecule has 2 amide bonds. The van der Waals surface area contributed by atoms with Crippen LogP contribution in [0.25, 0.3) is 0 Å². The van der Waals surface area contributed by atoms with Gasteiger partial charge >= 0.3 is 6.03 Å². The highest BCUT2D eigenvalue weighted by Gasteiger charge is 2.21. The third-order valence-corrected chi connectivity index (χ3v) is 3.37. The fraction of sp³-hybridized carbons (Fsp3) is 0.417. The summed E-state index contributed by atoms with van der Waals surface area (Å²) in [5.41, 5.74) is 6.19. The first-order valence-corrected chi connectivity index (χ1v) is 6.10. The van der Waals surface area contributed by atoms with Gasteiger partial charge in [0.25, 0.3) is 0 Å². The van der Waals surface area contributed by atoms with Crippen LogP contribution < -0.4 is 11.1 Å². The van der Waals surface area contributed by atoms with Gasteiger partial charge in [-0.3, -0.25) is 0 Å². The van der Waals surface area contributed by atoms with Crippen LogP contribution in [-0.2, 0) is 0 Å². The first kappa shape index (κ1) is 12.0. The van der Waals surface area contributed by atoms with Crippen molar-refractivity contribution in [1.29, 1.82) is 0 Å². The molecule has 1 heterocycles. The Hall–Kier alpha value is -1.42. The number of benzene rings is 1. The predicted octanol–water partition coefficient (Wildman–Crippen LogP) is 2.29. The molecule has 1 saturated heterocycles. The largest absolute Gasteiger partial charge is 0.381 e. The molecular weight excluding hydrogens is 238 g/mol. The summed E-state index contributed by atoms with van der Waals surface area (Å²) in [4.78, 5) is 12.7. The van der Waals surface area contributed by atoms with E-state index in [0.29, 0.717) is 19.1 Å². The zero-order chi connectivity index (χ0) is 12.3. The molecule has 0 radical (unpaired) electrons. The van der Waals surface area contributed by atoms with Crippen molar-refractivity contribution >= 4 is 23.3 Å². The van der Waals surface area contributed by atoms with Crippen molar-refractivity contribution in [3.05, 3.63) is 29.3 Å². The van der Waals surface area contributed by atoms with Gasteiger partial charge in [-0.25, -0.2) is 4.79 Å². The topological polar surface area (TPSA) is 58.4 Å². The van der Waals surface area contributed by atoms with E-state index in [0.717, 1.165) is 23.6 Å². The van der Waals surface area contributed by atoms with E-state index in [-0.39, 0.29) is 6.03 Å². The smallest absolute Gasteiger partial charge is 0.314 e. The number of nitrogens with one attached hydrogen (secondary N) is 1. The molecule has 92 valence electrons. The molecule has 0 aromatic heterocycles. The molecule has 5 heteroatoms. The minimum absolute atomic E-state index is 0.332. The third-order valence-electron chi connectivity index (χ3n) is 3.04. The second-order valence-corrected chi connectivity index (χ2v) is 4.63. The molecule has 1 aliphatic rings. The standard InChI is InChI=1S/C12H16ClN3O/c13-10-3-1-2-4-11(10)15-9-5-7-16(8-6-9)12(14)17/h1-4,9,15H,5-8H2,(H2,14,17). The Kier molecular flexibility index (Phi) is 3.74. The van der Waals surface area contributed by atoms with Crippen molar-refractivity contribution in [1.82, 2.24) is 4.90 Å². The normalized spacial score (nSPS) is 16.9. The van der Waals surface area contributed by atoms with Crippen molar-refractivity contribution < 1.29 is 4.79 Å². The van der Waals surface area contributed by atoms with Crippen LogP contribution >= 0.6 is 11.6 Å². The van der Waals surface area contributed by atoms with E-state index in [1.54, 1.807) is 4.90 Å². The highest BCUT2D eigenvalue weighted by molar-refractivity contribution is 6.33. The number of rotatable bonds is 2. The minimum Gasteiger partial charge on any atom is -0.381 e. The summed E-state index contributed by atoms with van der Waals surface area (Å²) in [5, 5.41) is 4.12. The van der Waals surface area contributed by atoms with Crippen LogP contribution in [0.5, 0.6) is 0 Å². The summed E-state index contributed by atoms with van der Waals surface area (Å²) in [6, 6.07) is 7.70. The lowest BCUT2D eigenvalue weighted by atomic mass is 10.0. The predicted molar refractivity (Wildman–Crippen MR) is 69.3 cm³/mol. The van der Waals surface area contributed by atoms with Crippen LogP contribution in [0.1, 0.15) is 12.8 Å². The SMILES string of the molecule is NC(=O)N1CCC(Nc2ccccc2Cl)CC1. The molecular formula is C12H16ClN3O. The lowest BCUT2D eigenvalue weighted by molar-refractivity contribution is 0.193. The maximum atomic E-state index is 11.0. The first-order valence-electron chi connectivity index (χ1n) is 5.72. The summed E-state index contributed by atoms with van der Waals surface area (Å²) in [7, 11) is 0. The fourth-order valence-corrected chi connectivity index (χ4v) is 2.23. The molecule has 1 aliphatic heterocycles. The van der Waals surface area contributed by atoms with Crippen LogP contribution in [-0.4, -0.2) is 30.1 Å². The number of urea groups is 1. The maximum absolute atomic E-state index is 11.0. The second kappa shape index (κ2) is 5.27. The molecule has 0 aliphatic carbocycles. The van der Waals surface area contributed by atoms with E-state index in [1.807, 2.05) is 24.3 Å². The molecule has 1 aromatic rings. The van der Waals surface area contributed by atoms with E-state index >= 15 is 0 Å². The van der Waals surface area contributed by atoms with Gasteiger partial charge in [-0.05, 0) is 25.0 Å². The van der Waals surface area contributed by atoms with Gasteiger partial charge in [-0.1, -0.05) is 23.7 Å². The maximum Gasteiger partial charge on any atom is 0.314 e. The van der Waals surface area contributed by atoms with Gasteiger partial charge in [0.1, 0.15) is 0 Å². The van der Waals surface area contributed by atoms with Crippen molar-refractivity contribution in [2.75, 3.05) is 18.4 Å². The van der Waals surface area contributed by atoms with Gasteiger partial charge in [0.15, 0.2) is 0 Å². The van der Waals surface area contributed by atoms with Crippen molar-refractivity contribution in [3.8, 4) is 0 Å². The number of nitrogens with zero attached hydrogens (tertiary/aromatic N) is 1. The molecule has 17 heavy (non-hydrogen) atoms. The Bertz CT molecular complexity index is 402. The number of para-hydroxylation sites is 1. The molecule has 0 bridgehead atoms. The lowest BCUT2D eigenvalue weighted by Gasteiger charge is -2.31. The number of nitrogens with two attached hydrogens (primary N) is 1. The number of carbonyl (C=O) groups excluding carboxylic acids is 1. The van der Waals surface area contributed by atoms with Gasteiger partial charge in [0, 0.05) is 19.1 Å². The highest BCUT2D eigenvalue weighted by atomic mass is 35.5. The summed E-state index contributed by atoms with van der Waals surface area (Å²) in [6.45, 7) is 1.41. The first-order chi connectivity index (χ1) is 8.16. The number of primary amides is 1. The number of piperidine rings is 1. The Morgan fingerprint density at radius 2 is 2.00 bits per heavy atom. The highest BCUT2D eigenvalue weighted by Crippen LogP contribution is 2.23. The van der Waals surface area contributed by atoms with Crippen LogP contribution in [0.4, 0.5) is 10.5 Å². The van der Waals surface area contributed by atoms with Crippen molar-refractivity contribution in [3.63, 3.8) is 0 Å². The zero-order valence-corrected chi connectivity index (χ0v) is 10.3. The number of likely N-dealkylation sites (tertiary alicyclic amines) is 1. The summed E-state index contributed by atoms with van der Waals surface area (Å²) >= 11 is 6.08. The summed E-state index contributed by atoms with van der Waals surface area (Å²) < 4.78 is 0. The molecule has 1 fully saturated rings. The van der Waals surface area contributed by atoms with Crippen molar-refractivity contribution in [2.45, 2.75) is 18.9 Å². The molecule has 1 aromatic carbocycles. The van der Waals surface area contributed by atoms with Gasteiger partial charge in [-0.2, -0.15) is 0 Å². The Morgan fingerprint density at radius 1 is 1.35 bits per heavy atom. The number of hydrogen-bond donors (Lipinski definition) is 2. The van der Waals surface area contributed by atoms with E-state index in [1.165, 1.54) is 0 Å². The molecule has 4 nitrogen and oxygen atoms in total.